The topological polar surface area (TPSA) is 66.8 Å². The number of aryl methyl sites for hydroxylation is 2. The highest BCUT2D eigenvalue weighted by molar-refractivity contribution is 6.51. The minimum absolute atomic E-state index is 0.0740. The number of carbonyl (C=O) groups excluding carboxylic acids is 2. The van der Waals surface area contributed by atoms with Gasteiger partial charge in [0, 0.05) is 16.3 Å². The maximum Gasteiger partial charge on any atom is 0.300 e. The highest BCUT2D eigenvalue weighted by Crippen LogP contribution is 2.43. The van der Waals surface area contributed by atoms with E-state index in [0.29, 0.717) is 34.2 Å². The first-order chi connectivity index (χ1) is 17.0. The number of ether oxygens (including phenoxy) is 1. The third kappa shape index (κ3) is 4.32. The van der Waals surface area contributed by atoms with Gasteiger partial charge in [-0.3, -0.25) is 14.5 Å². The molecule has 3 aromatic rings. The van der Waals surface area contributed by atoms with Crippen LogP contribution in [-0.2, 0) is 22.4 Å². The summed E-state index contributed by atoms with van der Waals surface area (Å²) in [5.41, 5.74) is 4.31. The highest BCUT2D eigenvalue weighted by Gasteiger charge is 2.47. The summed E-state index contributed by atoms with van der Waals surface area (Å²) in [6.07, 6.45) is 4.22. The molecule has 1 aliphatic heterocycles. The predicted octanol–water partition coefficient (Wildman–Crippen LogP) is 6.24. The van der Waals surface area contributed by atoms with Gasteiger partial charge in [0.05, 0.1) is 18.2 Å². The minimum atomic E-state index is -0.789. The van der Waals surface area contributed by atoms with Crippen molar-refractivity contribution in [3.63, 3.8) is 0 Å². The molecule has 0 radical (unpaired) electrons. The SMILES string of the molecule is CCOc1ccc(C2/C(=C(/O)c3ccc4c(c3)CCCC4)C(=O)C(=O)N2c2ccc(Cl)cc2)cc1. The van der Waals surface area contributed by atoms with Crippen LogP contribution >= 0.6 is 11.6 Å². The number of aliphatic hydroxyl groups excluding tert-OH is 1. The molecule has 6 heteroatoms. The maximum absolute atomic E-state index is 13.4. The van der Waals surface area contributed by atoms with Crippen LogP contribution in [0, 0.1) is 0 Å². The number of aliphatic hydroxyl groups is 1. The number of rotatable bonds is 5. The van der Waals surface area contributed by atoms with Crippen LogP contribution in [0.4, 0.5) is 5.69 Å². The molecule has 1 saturated heterocycles. The number of carbonyl (C=O) groups is 2. The summed E-state index contributed by atoms with van der Waals surface area (Å²) < 4.78 is 5.56. The van der Waals surface area contributed by atoms with Crippen molar-refractivity contribution in [1.29, 1.82) is 0 Å². The van der Waals surface area contributed by atoms with Crippen LogP contribution in [0.2, 0.25) is 5.02 Å². The van der Waals surface area contributed by atoms with Crippen molar-refractivity contribution in [1.82, 2.24) is 0 Å². The zero-order chi connectivity index (χ0) is 24.5. The standard InChI is InChI=1S/C29H26ClNO4/c1-2-35-24-15-9-19(10-16-24)26-25(27(32)21-8-7-18-5-3-4-6-20(18)17-21)28(33)29(34)31(26)23-13-11-22(30)12-14-23/h7-17,26,32H,2-6H2,1H3/b27-25-. The third-order valence-electron chi connectivity index (χ3n) is 6.68. The molecule has 0 spiro atoms. The Kier molecular flexibility index (Phi) is 6.35. The largest absolute Gasteiger partial charge is 0.507 e. The molecule has 1 fully saturated rings. The molecule has 1 aliphatic carbocycles. The number of fused-ring (bicyclic) bond motifs is 1. The van der Waals surface area contributed by atoms with E-state index in [9.17, 15) is 14.7 Å². The van der Waals surface area contributed by atoms with Gasteiger partial charge >= 0.3 is 0 Å². The fraction of sp³-hybridized carbons (Fsp3) is 0.241. The van der Waals surface area contributed by atoms with Crippen molar-refractivity contribution in [3.05, 3.63) is 99.6 Å². The first-order valence-electron chi connectivity index (χ1n) is 11.9. The van der Waals surface area contributed by atoms with Gasteiger partial charge < -0.3 is 9.84 Å². The Morgan fingerprint density at radius 3 is 2.34 bits per heavy atom. The number of Topliss-reactive ketones (excluding diaryl/α,β-unsaturated/α-hetero) is 1. The molecule has 0 aromatic heterocycles. The van der Waals surface area contributed by atoms with Gasteiger partial charge in [0.2, 0.25) is 0 Å². The number of benzene rings is 3. The van der Waals surface area contributed by atoms with Crippen molar-refractivity contribution in [3.8, 4) is 5.75 Å². The second kappa shape index (κ2) is 9.59. The number of anilines is 1. The Morgan fingerprint density at radius 2 is 1.66 bits per heavy atom. The van der Waals surface area contributed by atoms with E-state index in [1.54, 1.807) is 36.4 Å². The molecule has 35 heavy (non-hydrogen) atoms. The molecular weight excluding hydrogens is 462 g/mol. The first kappa shape index (κ1) is 23.2. The zero-order valence-corrected chi connectivity index (χ0v) is 20.2. The van der Waals surface area contributed by atoms with E-state index < -0.39 is 17.7 Å². The molecule has 1 amide bonds. The van der Waals surface area contributed by atoms with Crippen molar-refractivity contribution in [2.24, 2.45) is 0 Å². The molecule has 178 valence electrons. The third-order valence-corrected chi connectivity index (χ3v) is 6.93. The lowest BCUT2D eigenvalue weighted by Gasteiger charge is -2.26. The van der Waals surface area contributed by atoms with Crippen molar-refractivity contribution >= 4 is 34.7 Å². The molecule has 1 atom stereocenters. The van der Waals surface area contributed by atoms with E-state index in [1.165, 1.54) is 16.0 Å². The van der Waals surface area contributed by atoms with Gasteiger partial charge in [0.25, 0.3) is 11.7 Å². The summed E-state index contributed by atoms with van der Waals surface area (Å²) in [6, 6.07) is 19.0. The number of amides is 1. The Morgan fingerprint density at radius 1 is 0.971 bits per heavy atom. The lowest BCUT2D eigenvalue weighted by molar-refractivity contribution is -0.132. The fourth-order valence-electron chi connectivity index (χ4n) is 4.97. The van der Waals surface area contributed by atoms with E-state index in [2.05, 4.69) is 0 Å². The van der Waals surface area contributed by atoms with E-state index in [0.717, 1.165) is 25.7 Å². The normalized spacial score (nSPS) is 19.0. The van der Waals surface area contributed by atoms with Gasteiger partial charge in [0.1, 0.15) is 11.5 Å². The second-order valence-electron chi connectivity index (χ2n) is 8.84. The van der Waals surface area contributed by atoms with Gasteiger partial charge in [-0.2, -0.15) is 0 Å². The zero-order valence-electron chi connectivity index (χ0n) is 19.5. The molecule has 0 bridgehead atoms. The molecule has 1 unspecified atom stereocenters. The Bertz CT molecular complexity index is 1310. The maximum atomic E-state index is 13.4. The molecule has 2 aliphatic rings. The molecular formula is C29H26ClNO4. The summed E-state index contributed by atoms with van der Waals surface area (Å²) >= 11 is 6.07. The number of hydrogen-bond donors (Lipinski definition) is 1. The number of nitrogens with zero attached hydrogens (tertiary/aromatic N) is 1. The number of halogens is 1. The summed E-state index contributed by atoms with van der Waals surface area (Å²) in [5, 5.41) is 11.9. The molecule has 5 nitrogen and oxygen atoms in total. The smallest absolute Gasteiger partial charge is 0.300 e. The van der Waals surface area contributed by atoms with Gasteiger partial charge in [0.15, 0.2) is 0 Å². The van der Waals surface area contributed by atoms with E-state index >= 15 is 0 Å². The fourth-order valence-corrected chi connectivity index (χ4v) is 5.09. The average Bonchev–Trinajstić information content (AvgIpc) is 3.14. The Hall–Kier alpha value is -3.57. The minimum Gasteiger partial charge on any atom is -0.507 e. The molecule has 0 saturated carbocycles. The monoisotopic (exact) mass is 487 g/mol. The van der Waals surface area contributed by atoms with Crippen LogP contribution in [0.25, 0.3) is 5.76 Å². The quantitative estimate of drug-likeness (QED) is 0.262. The molecule has 5 rings (SSSR count). The van der Waals surface area contributed by atoms with Crippen LogP contribution < -0.4 is 9.64 Å². The second-order valence-corrected chi connectivity index (χ2v) is 9.27. The summed E-state index contributed by atoms with van der Waals surface area (Å²) in [5.74, 6) is -0.874. The number of hydrogen-bond acceptors (Lipinski definition) is 4. The van der Waals surface area contributed by atoms with Crippen molar-refractivity contribution in [2.45, 2.75) is 38.6 Å². The van der Waals surface area contributed by atoms with Gasteiger partial charge in [-0.05, 0) is 91.8 Å². The Labute approximate surface area is 209 Å². The van der Waals surface area contributed by atoms with Crippen molar-refractivity contribution < 1.29 is 19.4 Å². The Balaban J connectivity index is 1.66. The summed E-state index contributed by atoms with van der Waals surface area (Å²) in [6.45, 7) is 2.43. The van der Waals surface area contributed by atoms with Crippen molar-refractivity contribution in [2.75, 3.05) is 11.5 Å². The average molecular weight is 488 g/mol. The van der Waals surface area contributed by atoms with Gasteiger partial charge in [-0.1, -0.05) is 35.9 Å². The molecule has 1 N–H and O–H groups in total. The van der Waals surface area contributed by atoms with Crippen LogP contribution in [-0.4, -0.2) is 23.4 Å². The van der Waals surface area contributed by atoms with E-state index in [-0.39, 0.29) is 11.3 Å². The van der Waals surface area contributed by atoms with Gasteiger partial charge in [-0.25, -0.2) is 0 Å². The van der Waals surface area contributed by atoms with E-state index in [4.69, 9.17) is 16.3 Å². The highest BCUT2D eigenvalue weighted by atomic mass is 35.5. The van der Waals surface area contributed by atoms with Crippen LogP contribution in [0.15, 0.2) is 72.3 Å². The van der Waals surface area contributed by atoms with Crippen LogP contribution in [0.5, 0.6) is 5.75 Å². The lowest BCUT2D eigenvalue weighted by Crippen LogP contribution is -2.29. The number of ketones is 1. The van der Waals surface area contributed by atoms with Crippen LogP contribution in [0.1, 0.15) is 48.1 Å². The molecule has 1 heterocycles. The van der Waals surface area contributed by atoms with Crippen LogP contribution in [0.3, 0.4) is 0 Å². The molecule has 3 aromatic carbocycles. The van der Waals surface area contributed by atoms with Gasteiger partial charge in [-0.15, -0.1) is 0 Å². The summed E-state index contributed by atoms with van der Waals surface area (Å²) in [4.78, 5) is 28.1. The first-order valence-corrected chi connectivity index (χ1v) is 12.3. The predicted molar refractivity (Wildman–Crippen MR) is 137 cm³/mol. The summed E-state index contributed by atoms with van der Waals surface area (Å²) in [7, 11) is 0. The van der Waals surface area contributed by atoms with E-state index in [1.807, 2.05) is 37.3 Å². The lowest BCUT2D eigenvalue weighted by atomic mass is 9.88.